The Hall–Kier alpha value is -0.610. The summed E-state index contributed by atoms with van der Waals surface area (Å²) in [7, 11) is 0. The van der Waals surface area contributed by atoms with Gasteiger partial charge in [0.25, 0.3) is 0 Å². The number of benzene rings is 1. The van der Waals surface area contributed by atoms with Crippen LogP contribution in [-0.2, 0) is 0 Å². The molecule has 3 unspecified atom stereocenters. The molecule has 116 valence electrons. The van der Waals surface area contributed by atoms with E-state index < -0.39 is 5.60 Å². The van der Waals surface area contributed by atoms with Crippen LogP contribution in [0.4, 0.5) is 0 Å². The second-order valence-corrected chi connectivity index (χ2v) is 7.03. The van der Waals surface area contributed by atoms with Crippen LogP contribution in [0.2, 0.25) is 5.02 Å². The van der Waals surface area contributed by atoms with Crippen LogP contribution in [0.15, 0.2) is 24.3 Å². The van der Waals surface area contributed by atoms with Gasteiger partial charge in [0.05, 0.1) is 5.60 Å². The number of halogens is 1. The molecule has 2 fully saturated rings. The van der Waals surface area contributed by atoms with Crippen LogP contribution in [0, 0.1) is 5.92 Å². The van der Waals surface area contributed by atoms with E-state index >= 15 is 0 Å². The minimum absolute atomic E-state index is 0.204. The molecule has 1 saturated carbocycles. The van der Waals surface area contributed by atoms with Crippen LogP contribution >= 0.6 is 11.6 Å². The fourth-order valence-corrected chi connectivity index (χ4v) is 4.29. The highest BCUT2D eigenvalue weighted by molar-refractivity contribution is 6.30. The summed E-state index contributed by atoms with van der Waals surface area (Å²) in [5.41, 5.74) is 6.80. The molecule has 2 aliphatic rings. The number of aliphatic hydroxyl groups is 1. The van der Waals surface area contributed by atoms with E-state index in [4.69, 9.17) is 17.3 Å². The van der Waals surface area contributed by atoms with E-state index in [1.54, 1.807) is 0 Å². The summed E-state index contributed by atoms with van der Waals surface area (Å²) in [6, 6.07) is 8.21. The Morgan fingerprint density at radius 2 is 2.24 bits per heavy atom. The fourth-order valence-electron chi connectivity index (χ4n) is 4.09. The molecule has 21 heavy (non-hydrogen) atoms. The van der Waals surface area contributed by atoms with E-state index in [2.05, 4.69) is 11.0 Å². The smallest absolute Gasteiger partial charge is 0.0700 e. The third kappa shape index (κ3) is 3.11. The second kappa shape index (κ2) is 6.25. The zero-order valence-corrected chi connectivity index (χ0v) is 13.2. The molecule has 0 aromatic heterocycles. The number of hydrogen-bond donors (Lipinski definition) is 2. The predicted octanol–water partition coefficient (Wildman–Crippen LogP) is 2.97. The maximum absolute atomic E-state index is 10.8. The Morgan fingerprint density at radius 1 is 1.38 bits per heavy atom. The van der Waals surface area contributed by atoms with Crippen molar-refractivity contribution in [2.24, 2.45) is 11.7 Å². The summed E-state index contributed by atoms with van der Waals surface area (Å²) in [6.07, 6.45) is 5.39. The molecule has 1 aliphatic carbocycles. The van der Waals surface area contributed by atoms with Crippen molar-refractivity contribution in [3.8, 4) is 0 Å². The first kappa shape index (κ1) is 15.3. The maximum atomic E-state index is 10.8. The Morgan fingerprint density at radius 3 is 3.00 bits per heavy atom. The second-order valence-electron chi connectivity index (χ2n) is 6.60. The van der Waals surface area contributed by atoms with Gasteiger partial charge in [-0.05, 0) is 37.0 Å². The zero-order chi connectivity index (χ0) is 14.9. The van der Waals surface area contributed by atoms with E-state index in [9.17, 15) is 5.11 Å². The van der Waals surface area contributed by atoms with Gasteiger partial charge in [-0.3, -0.25) is 4.90 Å². The van der Waals surface area contributed by atoms with E-state index in [-0.39, 0.29) is 6.04 Å². The number of nitrogens with zero attached hydrogens (tertiary/aromatic N) is 1. The molecular formula is C17H25ClN2O. The molecule has 1 saturated heterocycles. The minimum atomic E-state index is -0.428. The fraction of sp³-hybridized carbons (Fsp3) is 0.647. The highest BCUT2D eigenvalue weighted by Crippen LogP contribution is 2.41. The molecule has 1 aromatic carbocycles. The highest BCUT2D eigenvalue weighted by atomic mass is 35.5. The molecule has 0 radical (unpaired) electrons. The van der Waals surface area contributed by atoms with Gasteiger partial charge in [0.2, 0.25) is 0 Å². The van der Waals surface area contributed by atoms with Crippen LogP contribution < -0.4 is 5.73 Å². The van der Waals surface area contributed by atoms with Gasteiger partial charge >= 0.3 is 0 Å². The number of rotatable bonds is 3. The molecule has 3 N–H and O–H groups in total. The van der Waals surface area contributed by atoms with Crippen LogP contribution in [0.3, 0.4) is 0 Å². The van der Waals surface area contributed by atoms with E-state index in [1.165, 1.54) is 18.4 Å². The summed E-state index contributed by atoms with van der Waals surface area (Å²) in [6.45, 7) is 2.46. The molecular weight excluding hydrogens is 284 g/mol. The van der Waals surface area contributed by atoms with Crippen molar-refractivity contribution in [3.63, 3.8) is 0 Å². The first-order valence-corrected chi connectivity index (χ1v) is 8.42. The summed E-state index contributed by atoms with van der Waals surface area (Å²) in [5.74, 6) is 0.397. The molecule has 0 bridgehead atoms. The largest absolute Gasteiger partial charge is 0.390 e. The Kier molecular flexibility index (Phi) is 4.55. The van der Waals surface area contributed by atoms with Gasteiger partial charge in [-0.15, -0.1) is 0 Å². The van der Waals surface area contributed by atoms with Crippen molar-refractivity contribution in [1.82, 2.24) is 4.90 Å². The van der Waals surface area contributed by atoms with Gasteiger partial charge in [-0.1, -0.05) is 36.6 Å². The van der Waals surface area contributed by atoms with Crippen LogP contribution in [-0.4, -0.2) is 35.2 Å². The molecule has 1 aliphatic heterocycles. The van der Waals surface area contributed by atoms with Crippen molar-refractivity contribution in [3.05, 3.63) is 34.9 Å². The number of fused-ring (bicyclic) bond motifs is 1. The summed E-state index contributed by atoms with van der Waals surface area (Å²) in [5, 5.41) is 11.6. The molecule has 4 heteroatoms. The van der Waals surface area contributed by atoms with Crippen molar-refractivity contribution in [2.75, 3.05) is 19.6 Å². The standard InChI is InChI=1S/C17H25ClN2O/c18-15-6-3-4-13(10-15)16(11-19)20-9-8-17(21)7-2-1-5-14(17)12-20/h3-4,6,10,14,16,21H,1-2,5,7-9,11-12,19H2. The van der Waals surface area contributed by atoms with Crippen LogP contribution in [0.25, 0.3) is 0 Å². The topological polar surface area (TPSA) is 49.5 Å². The van der Waals surface area contributed by atoms with Crippen molar-refractivity contribution < 1.29 is 5.11 Å². The lowest BCUT2D eigenvalue weighted by Crippen LogP contribution is -2.54. The Balaban J connectivity index is 1.76. The van der Waals surface area contributed by atoms with Gasteiger partial charge in [-0.25, -0.2) is 0 Å². The van der Waals surface area contributed by atoms with E-state index in [1.807, 2.05) is 18.2 Å². The monoisotopic (exact) mass is 308 g/mol. The van der Waals surface area contributed by atoms with Gasteiger partial charge in [0.1, 0.15) is 0 Å². The highest BCUT2D eigenvalue weighted by Gasteiger charge is 2.43. The van der Waals surface area contributed by atoms with Gasteiger partial charge in [-0.2, -0.15) is 0 Å². The summed E-state index contributed by atoms with van der Waals surface area (Å²) >= 11 is 6.12. The first-order chi connectivity index (χ1) is 10.1. The van der Waals surface area contributed by atoms with Crippen molar-refractivity contribution in [2.45, 2.75) is 43.7 Å². The van der Waals surface area contributed by atoms with Gasteiger partial charge in [0, 0.05) is 36.6 Å². The molecule has 3 atom stereocenters. The molecule has 1 aromatic rings. The molecule has 1 heterocycles. The maximum Gasteiger partial charge on any atom is 0.0700 e. The summed E-state index contributed by atoms with van der Waals surface area (Å²) < 4.78 is 0. The minimum Gasteiger partial charge on any atom is -0.390 e. The normalized spacial score (nSPS) is 31.7. The lowest BCUT2D eigenvalue weighted by Gasteiger charge is -2.49. The third-order valence-corrected chi connectivity index (χ3v) is 5.59. The predicted molar refractivity (Wildman–Crippen MR) is 86.3 cm³/mol. The summed E-state index contributed by atoms with van der Waals surface area (Å²) in [4.78, 5) is 2.44. The van der Waals surface area contributed by atoms with E-state index in [0.717, 1.165) is 37.4 Å². The molecule has 3 nitrogen and oxygen atoms in total. The Bertz CT molecular complexity index is 495. The Labute approximate surface area is 132 Å². The number of nitrogens with two attached hydrogens (primary N) is 1. The number of piperidine rings is 1. The van der Waals surface area contributed by atoms with Gasteiger partial charge in [0.15, 0.2) is 0 Å². The number of likely N-dealkylation sites (tertiary alicyclic amines) is 1. The average Bonchev–Trinajstić information content (AvgIpc) is 2.48. The van der Waals surface area contributed by atoms with E-state index in [0.29, 0.717) is 12.5 Å². The molecule has 0 spiro atoms. The molecule has 0 amide bonds. The quantitative estimate of drug-likeness (QED) is 0.902. The van der Waals surface area contributed by atoms with Crippen molar-refractivity contribution >= 4 is 11.6 Å². The third-order valence-electron chi connectivity index (χ3n) is 5.36. The van der Waals surface area contributed by atoms with Gasteiger partial charge < -0.3 is 10.8 Å². The van der Waals surface area contributed by atoms with Crippen molar-refractivity contribution in [1.29, 1.82) is 0 Å². The first-order valence-electron chi connectivity index (χ1n) is 8.04. The molecule has 3 rings (SSSR count). The lowest BCUT2D eigenvalue weighted by atomic mass is 9.71. The van der Waals surface area contributed by atoms with Crippen LogP contribution in [0.1, 0.15) is 43.7 Å². The van der Waals surface area contributed by atoms with Crippen LogP contribution in [0.5, 0.6) is 0 Å². The lowest BCUT2D eigenvalue weighted by molar-refractivity contribution is -0.102. The average molecular weight is 309 g/mol. The number of hydrogen-bond acceptors (Lipinski definition) is 3. The SMILES string of the molecule is NCC(c1cccc(Cl)c1)N1CCC2(O)CCCCC2C1. The zero-order valence-electron chi connectivity index (χ0n) is 12.5.